The van der Waals surface area contributed by atoms with Crippen molar-refractivity contribution in [2.24, 2.45) is 0 Å². The third kappa shape index (κ3) is 46.1. The lowest BCUT2D eigenvalue weighted by atomic mass is 9.96. The maximum atomic E-state index is 13.5. The number of rotatable bonds is 71. The van der Waals surface area contributed by atoms with Crippen LogP contribution in [0.15, 0.2) is 48.6 Å². The SMILES string of the molecule is CC/C=C\C/C=C\C/C=C\C/C=C\CCCCCCCCCCCCCCCCCCCCCCCCCCCCCCC(=O)NC(COC1OC(CO)C(OC2OC(CO)C(OC3OC(CO)C(O)C(O)C3O)C(O)C2O)C(O)C1O)C(O)CCCCCCCCCCCCCCCCCCCCCC. The zero-order valence-corrected chi connectivity index (χ0v) is 66.9. The van der Waals surface area contributed by atoms with Crippen LogP contribution < -0.4 is 5.32 Å². The Bertz CT molecular complexity index is 2100. The zero-order valence-electron chi connectivity index (χ0n) is 66.9. The van der Waals surface area contributed by atoms with Crippen molar-refractivity contribution in [2.75, 3.05) is 26.4 Å². The maximum absolute atomic E-state index is 13.5. The highest BCUT2D eigenvalue weighted by Crippen LogP contribution is 2.34. The van der Waals surface area contributed by atoms with Gasteiger partial charge in [0, 0.05) is 6.42 Å². The molecule has 3 aliphatic rings. The van der Waals surface area contributed by atoms with Crippen molar-refractivity contribution >= 4 is 5.91 Å². The minimum Gasteiger partial charge on any atom is -0.394 e. The van der Waals surface area contributed by atoms with Gasteiger partial charge in [0.15, 0.2) is 18.9 Å². The fraction of sp³-hybridized carbons (Fsp3) is 0.897. The Kier molecular flexibility index (Phi) is 62.2. The highest BCUT2D eigenvalue weighted by Gasteiger charge is 2.54. The molecule has 0 aromatic heterocycles. The molecule has 3 rings (SSSR count). The molecule has 0 radical (unpaired) electrons. The van der Waals surface area contributed by atoms with Gasteiger partial charge in [-0.3, -0.25) is 4.79 Å². The van der Waals surface area contributed by atoms with Gasteiger partial charge in [0.1, 0.15) is 73.2 Å². The second kappa shape index (κ2) is 67.3. The van der Waals surface area contributed by atoms with Crippen molar-refractivity contribution in [1.29, 1.82) is 0 Å². The van der Waals surface area contributed by atoms with E-state index < -0.39 is 124 Å². The summed E-state index contributed by atoms with van der Waals surface area (Å²) in [6, 6.07) is -0.886. The predicted octanol–water partition coefficient (Wildman–Crippen LogP) is 16.0. The van der Waals surface area contributed by atoms with Gasteiger partial charge in [-0.25, -0.2) is 0 Å². The molecule has 0 aromatic carbocycles. The number of aliphatic hydroxyl groups excluding tert-OH is 11. The van der Waals surface area contributed by atoms with Gasteiger partial charge < -0.3 is 89.9 Å². The fourth-order valence-electron chi connectivity index (χ4n) is 15.0. The summed E-state index contributed by atoms with van der Waals surface area (Å²) in [7, 11) is 0. The lowest BCUT2D eigenvalue weighted by Gasteiger charge is -2.48. The van der Waals surface area contributed by atoms with Crippen molar-refractivity contribution in [2.45, 2.75) is 471 Å². The van der Waals surface area contributed by atoms with Gasteiger partial charge in [0.05, 0.1) is 38.6 Å². The molecule has 12 N–H and O–H groups in total. The first kappa shape index (κ1) is 97.9. The lowest BCUT2D eigenvalue weighted by Crippen LogP contribution is -2.66. The average Bonchev–Trinajstić information content (AvgIpc) is 0.780. The van der Waals surface area contributed by atoms with Crippen LogP contribution >= 0.6 is 0 Å². The molecule has 3 fully saturated rings. The molecule has 1 amide bonds. The first-order chi connectivity index (χ1) is 51.8. The average molecular weight is 1510 g/mol. The highest BCUT2D eigenvalue weighted by atomic mass is 16.8. The molecule has 3 saturated heterocycles. The summed E-state index contributed by atoms with van der Waals surface area (Å²) in [4.78, 5) is 13.5. The van der Waals surface area contributed by atoms with E-state index in [1.165, 1.54) is 263 Å². The van der Waals surface area contributed by atoms with Crippen LogP contribution in [0.5, 0.6) is 0 Å². The van der Waals surface area contributed by atoms with Crippen molar-refractivity contribution < 1.29 is 89.4 Å². The minimum absolute atomic E-state index is 0.234. The number of carbonyl (C=O) groups is 1. The second-order valence-electron chi connectivity index (χ2n) is 31.3. The summed E-state index contributed by atoms with van der Waals surface area (Å²) in [5.41, 5.74) is 0. The largest absolute Gasteiger partial charge is 0.394 e. The first-order valence-electron chi connectivity index (χ1n) is 43.9. The molecule has 19 nitrogen and oxygen atoms in total. The monoisotopic (exact) mass is 1510 g/mol. The molecule has 0 spiro atoms. The number of nitrogens with one attached hydrogen (secondary N) is 1. The zero-order chi connectivity index (χ0) is 76.7. The Hall–Kier alpha value is -2.25. The number of allylic oxidation sites excluding steroid dienone is 8. The summed E-state index contributed by atoms with van der Waals surface area (Å²) in [5.74, 6) is -0.234. The van der Waals surface area contributed by atoms with Crippen LogP contribution in [0.2, 0.25) is 0 Å². The van der Waals surface area contributed by atoms with Crippen LogP contribution in [-0.2, 0) is 33.2 Å². The normalized spacial score (nSPS) is 25.8. The molecule has 17 atom stereocenters. The van der Waals surface area contributed by atoms with E-state index in [-0.39, 0.29) is 18.9 Å². The van der Waals surface area contributed by atoms with Gasteiger partial charge in [-0.15, -0.1) is 0 Å². The molecule has 0 aliphatic carbocycles. The molecule has 0 saturated carbocycles. The molecule has 0 aromatic rings. The molecule has 3 heterocycles. The van der Waals surface area contributed by atoms with Gasteiger partial charge >= 0.3 is 0 Å². The van der Waals surface area contributed by atoms with Crippen LogP contribution in [0.25, 0.3) is 0 Å². The Balaban J connectivity index is 1.28. The van der Waals surface area contributed by atoms with E-state index >= 15 is 0 Å². The van der Waals surface area contributed by atoms with E-state index in [4.69, 9.17) is 28.4 Å². The predicted molar refractivity (Wildman–Crippen MR) is 425 cm³/mol. The van der Waals surface area contributed by atoms with Gasteiger partial charge in [0.25, 0.3) is 0 Å². The third-order valence-corrected chi connectivity index (χ3v) is 21.9. The minimum atomic E-state index is -1.97. The Labute approximate surface area is 643 Å². The molecule has 106 heavy (non-hydrogen) atoms. The smallest absolute Gasteiger partial charge is 0.220 e. The first-order valence-corrected chi connectivity index (χ1v) is 43.9. The number of hydrogen-bond donors (Lipinski definition) is 12. The molecule has 0 bridgehead atoms. The second-order valence-corrected chi connectivity index (χ2v) is 31.3. The lowest BCUT2D eigenvalue weighted by molar-refractivity contribution is -0.379. The van der Waals surface area contributed by atoms with Gasteiger partial charge in [0.2, 0.25) is 5.91 Å². The van der Waals surface area contributed by atoms with Crippen LogP contribution in [0, 0.1) is 0 Å². The Morgan fingerprint density at radius 2 is 0.651 bits per heavy atom. The summed E-state index contributed by atoms with van der Waals surface area (Å²) < 4.78 is 34.6. The van der Waals surface area contributed by atoms with Crippen LogP contribution in [0.4, 0.5) is 0 Å². The van der Waals surface area contributed by atoms with E-state index in [2.05, 4.69) is 67.8 Å². The van der Waals surface area contributed by atoms with Gasteiger partial charge in [-0.1, -0.05) is 358 Å². The summed E-state index contributed by atoms with van der Waals surface area (Å²) in [6.07, 6.45) is 59.4. The highest BCUT2D eigenvalue weighted by molar-refractivity contribution is 5.76. The van der Waals surface area contributed by atoms with E-state index in [1.54, 1.807) is 0 Å². The third-order valence-electron chi connectivity index (χ3n) is 21.9. The Morgan fingerprint density at radius 3 is 1.02 bits per heavy atom. The summed E-state index contributed by atoms with van der Waals surface area (Å²) in [6.45, 7) is 1.74. The number of unbranched alkanes of at least 4 members (excludes halogenated alkanes) is 47. The fourth-order valence-corrected chi connectivity index (χ4v) is 15.0. The molecular formula is C87H161NO18. The topological polar surface area (TPSA) is 307 Å². The number of amides is 1. The van der Waals surface area contributed by atoms with Crippen molar-refractivity contribution in [3.8, 4) is 0 Å². The maximum Gasteiger partial charge on any atom is 0.220 e. The van der Waals surface area contributed by atoms with E-state index in [9.17, 15) is 61.0 Å². The van der Waals surface area contributed by atoms with Crippen molar-refractivity contribution in [3.63, 3.8) is 0 Å². The quantitative estimate of drug-likeness (QED) is 0.0199. The molecular weight excluding hydrogens is 1350 g/mol. The summed E-state index contributed by atoms with van der Waals surface area (Å²) in [5, 5.41) is 121. The number of hydrogen-bond acceptors (Lipinski definition) is 18. The van der Waals surface area contributed by atoms with Crippen molar-refractivity contribution in [1.82, 2.24) is 5.32 Å². The van der Waals surface area contributed by atoms with E-state index in [0.29, 0.717) is 12.8 Å². The number of ether oxygens (including phenoxy) is 6. The standard InChI is InChI=1S/C87H161NO18/c1-3-5-7-9-11-13-15-17-19-21-23-25-26-27-28-29-30-31-32-33-34-35-36-37-38-39-40-41-42-43-44-45-47-49-51-53-55-57-59-61-63-65-75(93)88-70(71(92)64-62-60-58-56-54-52-50-48-46-24-22-20-18-16-14-12-10-8-6-4-2)69-101-85-81(99)78(96)83(73(67-90)103-85)106-87-82(100)79(97)84(74(68-91)104-87)105-86-80(98)77(95)76(94)72(66-89)102-86/h5,7,11,13,17,19,23,25,70-74,76-87,89-92,94-100H,3-4,6,8-10,12,14-16,18,20-22,24,26-69H2,1-2H3,(H,88,93)/b7-5-,13-11-,19-17-,25-23-. The number of aliphatic hydroxyl groups is 11. The van der Waals surface area contributed by atoms with Crippen molar-refractivity contribution in [3.05, 3.63) is 48.6 Å². The van der Waals surface area contributed by atoms with E-state index in [1.807, 2.05) is 0 Å². The molecule has 3 aliphatic heterocycles. The summed E-state index contributed by atoms with van der Waals surface area (Å²) >= 11 is 0. The van der Waals surface area contributed by atoms with Crippen LogP contribution in [0.1, 0.15) is 367 Å². The molecule has 17 unspecified atom stereocenters. The van der Waals surface area contributed by atoms with Gasteiger partial charge in [-0.05, 0) is 51.4 Å². The molecule has 622 valence electrons. The Morgan fingerprint density at radius 1 is 0.349 bits per heavy atom. The van der Waals surface area contributed by atoms with Crippen LogP contribution in [-0.4, -0.2) is 193 Å². The molecule has 19 heteroatoms. The van der Waals surface area contributed by atoms with Gasteiger partial charge in [-0.2, -0.15) is 0 Å². The van der Waals surface area contributed by atoms with E-state index in [0.717, 1.165) is 70.6 Å². The number of carbonyl (C=O) groups excluding carboxylic acids is 1. The van der Waals surface area contributed by atoms with Crippen LogP contribution in [0.3, 0.4) is 0 Å².